The highest BCUT2D eigenvalue weighted by atomic mass is 16.5. The molecule has 2 aromatic heterocycles. The minimum Gasteiger partial charge on any atom is -0.497 e. The number of piperazine rings is 1. The molecule has 8 heteroatoms. The molecular formula is C29H30N6O2. The lowest BCUT2D eigenvalue weighted by molar-refractivity contribution is 0.178. The van der Waals surface area contributed by atoms with Gasteiger partial charge in [0.2, 0.25) is 5.95 Å². The molecule has 3 aromatic carbocycles. The van der Waals surface area contributed by atoms with Crippen LogP contribution in [0.15, 0.2) is 72.8 Å². The van der Waals surface area contributed by atoms with Gasteiger partial charge in [-0.3, -0.25) is 4.90 Å². The second kappa shape index (κ2) is 9.71. The highest BCUT2D eigenvalue weighted by Crippen LogP contribution is 2.31. The van der Waals surface area contributed by atoms with Crippen LogP contribution in [0.1, 0.15) is 12.5 Å². The molecular weight excluding hydrogens is 464 g/mol. The van der Waals surface area contributed by atoms with Gasteiger partial charge in [0, 0.05) is 48.7 Å². The fraction of sp³-hybridized carbons (Fsp3) is 0.276. The largest absolute Gasteiger partial charge is 0.497 e. The van der Waals surface area contributed by atoms with Gasteiger partial charge in [-0.05, 0) is 37.3 Å². The Balaban J connectivity index is 1.39. The summed E-state index contributed by atoms with van der Waals surface area (Å²) in [6.45, 7) is 5.71. The predicted octanol–water partition coefficient (Wildman–Crippen LogP) is 4.67. The molecule has 0 spiro atoms. The van der Waals surface area contributed by atoms with Crippen molar-refractivity contribution in [2.45, 2.75) is 19.5 Å². The van der Waals surface area contributed by atoms with Crippen LogP contribution in [0.25, 0.3) is 27.9 Å². The Morgan fingerprint density at radius 3 is 2.57 bits per heavy atom. The second-order valence-electron chi connectivity index (χ2n) is 9.42. The van der Waals surface area contributed by atoms with Crippen molar-refractivity contribution in [3.05, 3.63) is 78.4 Å². The minimum atomic E-state index is 0.318. The van der Waals surface area contributed by atoms with Gasteiger partial charge >= 0.3 is 0 Å². The van der Waals surface area contributed by atoms with E-state index in [4.69, 9.17) is 14.5 Å². The lowest BCUT2D eigenvalue weighted by Gasteiger charge is -2.40. The van der Waals surface area contributed by atoms with Crippen molar-refractivity contribution in [2.24, 2.45) is 0 Å². The molecule has 1 unspecified atom stereocenters. The molecule has 0 bridgehead atoms. The first kappa shape index (κ1) is 23.2. The number of hydrogen-bond donors (Lipinski definition) is 0. The number of aromatic nitrogens is 4. The molecule has 1 aliphatic rings. The van der Waals surface area contributed by atoms with Crippen LogP contribution in [0.4, 0.5) is 5.95 Å². The monoisotopic (exact) mass is 494 g/mol. The number of rotatable bonds is 6. The first-order valence-corrected chi connectivity index (χ1v) is 12.6. The van der Waals surface area contributed by atoms with Gasteiger partial charge in [0.1, 0.15) is 11.5 Å². The predicted molar refractivity (Wildman–Crippen MR) is 145 cm³/mol. The van der Waals surface area contributed by atoms with Crippen LogP contribution in [-0.4, -0.2) is 64.4 Å². The number of ether oxygens (including phenoxy) is 2. The van der Waals surface area contributed by atoms with E-state index in [2.05, 4.69) is 49.5 Å². The second-order valence-corrected chi connectivity index (χ2v) is 9.42. The molecule has 6 rings (SSSR count). The van der Waals surface area contributed by atoms with Gasteiger partial charge < -0.3 is 14.4 Å². The zero-order valence-electron chi connectivity index (χ0n) is 21.3. The van der Waals surface area contributed by atoms with Crippen LogP contribution in [0.2, 0.25) is 0 Å². The summed E-state index contributed by atoms with van der Waals surface area (Å²) in [4.78, 5) is 10.00. The summed E-state index contributed by atoms with van der Waals surface area (Å²) < 4.78 is 13.2. The highest BCUT2D eigenvalue weighted by molar-refractivity contribution is 5.93. The SMILES string of the molecule is COc1cccc(-c2nnc3c4ccccc4nc(N4CCN(Cc5ccccc5OC)C(C)C4)n23)c1. The number of fused-ring (bicyclic) bond motifs is 3. The number of benzene rings is 3. The van der Waals surface area contributed by atoms with Gasteiger partial charge in [-0.15, -0.1) is 10.2 Å². The molecule has 1 saturated heterocycles. The summed E-state index contributed by atoms with van der Waals surface area (Å²) in [6, 6.07) is 24.6. The molecule has 0 amide bonds. The van der Waals surface area contributed by atoms with Gasteiger partial charge in [-0.25, -0.2) is 9.38 Å². The standard InChI is InChI=1S/C29H30N6O2/c1-20-18-34(16-15-33(20)19-22-9-4-7-14-26(22)37-3)29-30-25-13-6-5-12-24(25)28-32-31-27(35(28)29)21-10-8-11-23(17-21)36-2/h4-14,17,20H,15-16,18-19H2,1-3H3. The number of hydrogen-bond acceptors (Lipinski definition) is 7. The quantitative estimate of drug-likeness (QED) is 0.340. The van der Waals surface area contributed by atoms with Crippen molar-refractivity contribution in [1.29, 1.82) is 0 Å². The molecule has 0 radical (unpaired) electrons. The van der Waals surface area contributed by atoms with Gasteiger partial charge in [0.05, 0.1) is 19.7 Å². The summed E-state index contributed by atoms with van der Waals surface area (Å²) in [5, 5.41) is 10.2. The Kier molecular flexibility index (Phi) is 6.10. The number of anilines is 1. The van der Waals surface area contributed by atoms with Crippen molar-refractivity contribution in [1.82, 2.24) is 24.5 Å². The first-order valence-electron chi connectivity index (χ1n) is 12.6. The molecule has 3 heterocycles. The average Bonchev–Trinajstić information content (AvgIpc) is 3.40. The van der Waals surface area contributed by atoms with Crippen LogP contribution in [-0.2, 0) is 6.54 Å². The van der Waals surface area contributed by atoms with Crippen LogP contribution < -0.4 is 14.4 Å². The van der Waals surface area contributed by atoms with Crippen LogP contribution in [0, 0.1) is 0 Å². The Hall–Kier alpha value is -4.17. The summed E-state index contributed by atoms with van der Waals surface area (Å²) in [5.74, 6) is 3.33. The van der Waals surface area contributed by atoms with E-state index in [9.17, 15) is 0 Å². The zero-order valence-corrected chi connectivity index (χ0v) is 21.3. The lowest BCUT2D eigenvalue weighted by atomic mass is 10.1. The molecule has 188 valence electrons. The van der Waals surface area contributed by atoms with Gasteiger partial charge in [-0.2, -0.15) is 0 Å². The van der Waals surface area contributed by atoms with Crippen molar-refractivity contribution >= 4 is 22.5 Å². The van der Waals surface area contributed by atoms with E-state index >= 15 is 0 Å². The van der Waals surface area contributed by atoms with Crippen molar-refractivity contribution < 1.29 is 9.47 Å². The third-order valence-electron chi connectivity index (χ3n) is 7.17. The van der Waals surface area contributed by atoms with Crippen LogP contribution >= 0.6 is 0 Å². The van der Waals surface area contributed by atoms with E-state index in [1.165, 1.54) is 5.56 Å². The van der Waals surface area contributed by atoms with Crippen molar-refractivity contribution in [3.8, 4) is 22.9 Å². The zero-order chi connectivity index (χ0) is 25.4. The Morgan fingerprint density at radius 1 is 0.892 bits per heavy atom. The highest BCUT2D eigenvalue weighted by Gasteiger charge is 2.28. The molecule has 37 heavy (non-hydrogen) atoms. The molecule has 1 fully saturated rings. The van der Waals surface area contributed by atoms with Gasteiger partial charge in [-0.1, -0.05) is 42.5 Å². The Labute approximate surface area is 216 Å². The first-order chi connectivity index (χ1) is 18.2. The molecule has 8 nitrogen and oxygen atoms in total. The summed E-state index contributed by atoms with van der Waals surface area (Å²) >= 11 is 0. The minimum absolute atomic E-state index is 0.318. The fourth-order valence-electron chi connectivity index (χ4n) is 5.19. The summed E-state index contributed by atoms with van der Waals surface area (Å²) in [6.07, 6.45) is 0. The summed E-state index contributed by atoms with van der Waals surface area (Å²) in [5.41, 5.74) is 3.87. The third kappa shape index (κ3) is 4.23. The van der Waals surface area contributed by atoms with E-state index in [0.29, 0.717) is 6.04 Å². The maximum Gasteiger partial charge on any atom is 0.213 e. The lowest BCUT2D eigenvalue weighted by Crippen LogP contribution is -2.52. The topological polar surface area (TPSA) is 68.0 Å². The number of nitrogens with zero attached hydrogens (tertiary/aromatic N) is 6. The average molecular weight is 495 g/mol. The molecule has 0 aliphatic carbocycles. The molecule has 0 N–H and O–H groups in total. The summed E-state index contributed by atoms with van der Waals surface area (Å²) in [7, 11) is 3.41. The van der Waals surface area contributed by atoms with Crippen molar-refractivity contribution in [3.63, 3.8) is 0 Å². The van der Waals surface area contributed by atoms with Gasteiger partial charge in [0.25, 0.3) is 0 Å². The van der Waals surface area contributed by atoms with E-state index in [0.717, 1.165) is 71.6 Å². The number of methoxy groups -OCH3 is 2. The number of para-hydroxylation sites is 2. The third-order valence-corrected chi connectivity index (χ3v) is 7.17. The maximum atomic E-state index is 5.59. The van der Waals surface area contributed by atoms with E-state index < -0.39 is 0 Å². The van der Waals surface area contributed by atoms with Crippen LogP contribution in [0.3, 0.4) is 0 Å². The van der Waals surface area contributed by atoms with Gasteiger partial charge in [0.15, 0.2) is 11.5 Å². The normalized spacial score (nSPS) is 16.4. The molecule has 1 aliphatic heterocycles. The van der Waals surface area contributed by atoms with E-state index in [-0.39, 0.29) is 0 Å². The van der Waals surface area contributed by atoms with Crippen molar-refractivity contribution in [2.75, 3.05) is 38.8 Å². The van der Waals surface area contributed by atoms with E-state index in [1.54, 1.807) is 14.2 Å². The molecule has 0 saturated carbocycles. The van der Waals surface area contributed by atoms with E-state index in [1.807, 2.05) is 54.6 Å². The maximum absolute atomic E-state index is 5.59. The molecule has 1 atom stereocenters. The fourth-order valence-corrected chi connectivity index (χ4v) is 5.19. The Morgan fingerprint density at radius 2 is 1.73 bits per heavy atom. The van der Waals surface area contributed by atoms with Crippen LogP contribution in [0.5, 0.6) is 11.5 Å². The smallest absolute Gasteiger partial charge is 0.213 e. The molecule has 5 aromatic rings. The Bertz CT molecular complexity index is 1570.